The van der Waals surface area contributed by atoms with Gasteiger partial charge in [0, 0.05) is 0 Å². The molecule has 0 bridgehead atoms. The third-order valence-electron chi connectivity index (χ3n) is 1.66. The first-order valence-electron chi connectivity index (χ1n) is 4.27. The summed E-state index contributed by atoms with van der Waals surface area (Å²) in [4.78, 5) is 10.8. The fourth-order valence-corrected chi connectivity index (χ4v) is 0.936. The molecule has 1 aromatic carbocycles. The summed E-state index contributed by atoms with van der Waals surface area (Å²) in [7, 11) is 1.35. The van der Waals surface area contributed by atoms with Gasteiger partial charge < -0.3 is 28.4 Å². The van der Waals surface area contributed by atoms with Crippen molar-refractivity contribution in [3.8, 4) is 6.07 Å². The first-order valence-corrected chi connectivity index (χ1v) is 4.27. The molecule has 18 heavy (non-hydrogen) atoms. The number of nitriles is 1. The Kier molecular flexibility index (Phi) is 17.3. The molecular weight excluding hydrogens is 284 g/mol. The van der Waals surface area contributed by atoms with Crippen molar-refractivity contribution in [2.75, 3.05) is 7.11 Å². The van der Waals surface area contributed by atoms with E-state index < -0.39 is 0 Å². The van der Waals surface area contributed by atoms with Crippen molar-refractivity contribution in [2.24, 2.45) is 0 Å². The van der Waals surface area contributed by atoms with Gasteiger partial charge in [0.05, 0.1) is 25.2 Å². The van der Waals surface area contributed by atoms with E-state index in [1.54, 1.807) is 24.3 Å². The van der Waals surface area contributed by atoms with E-state index in [0.717, 1.165) is 5.56 Å². The molecule has 0 aliphatic rings. The van der Waals surface area contributed by atoms with E-state index in [1.807, 2.05) is 6.07 Å². The van der Waals surface area contributed by atoms with Crippen LogP contribution in [0, 0.1) is 35.0 Å². The van der Waals surface area contributed by atoms with Crippen molar-refractivity contribution in [1.82, 2.24) is 0 Å². The quantitative estimate of drug-likeness (QED) is 0.467. The summed E-state index contributed by atoms with van der Waals surface area (Å²) in [6.45, 7) is 9.50. The van der Waals surface area contributed by atoms with Gasteiger partial charge in [-0.05, 0) is 17.7 Å². The van der Waals surface area contributed by atoms with E-state index in [9.17, 15) is 4.79 Å². The Morgan fingerprint density at radius 3 is 2.00 bits per heavy atom. The average Bonchev–Trinajstić information content (AvgIpc) is 2.44. The molecule has 0 N–H and O–H groups in total. The molecular formula is C12H9N3O2Zn. The zero-order valence-corrected chi connectivity index (χ0v) is 12.8. The van der Waals surface area contributed by atoms with E-state index in [2.05, 4.69) is 4.74 Å². The number of carbonyl (C=O) groups is 1. The first kappa shape index (κ1) is 21.1. The summed E-state index contributed by atoms with van der Waals surface area (Å²) < 4.78 is 4.51. The predicted octanol–water partition coefficient (Wildman–Crippen LogP) is 1.46. The molecule has 1 rings (SSSR count). The van der Waals surface area contributed by atoms with Crippen LogP contribution in [0.2, 0.25) is 0 Å². The summed E-state index contributed by atoms with van der Waals surface area (Å²) in [5.41, 5.74) is 1.44. The summed E-state index contributed by atoms with van der Waals surface area (Å²) in [5.74, 6) is -0.273. The number of nitrogens with zero attached hydrogens (tertiary/aromatic N) is 3. The summed E-state index contributed by atoms with van der Waals surface area (Å²) >= 11 is 0. The number of ether oxygens (including phenoxy) is 1. The maximum Gasteiger partial charge on any atom is 2.00 e. The Labute approximate surface area is 119 Å². The van der Waals surface area contributed by atoms with Crippen molar-refractivity contribution in [3.05, 3.63) is 48.5 Å². The largest absolute Gasteiger partial charge is 2.00 e. The molecule has 0 unspecified atom stereocenters. The van der Waals surface area contributed by atoms with Crippen molar-refractivity contribution >= 4 is 5.97 Å². The number of rotatable bonds is 2. The smallest absolute Gasteiger partial charge is 0.512 e. The molecule has 86 valence electrons. The molecule has 5 nitrogen and oxygen atoms in total. The van der Waals surface area contributed by atoms with Crippen LogP contribution < -0.4 is 0 Å². The van der Waals surface area contributed by atoms with Gasteiger partial charge in [-0.2, -0.15) is 5.26 Å². The van der Waals surface area contributed by atoms with E-state index in [4.69, 9.17) is 28.9 Å². The molecule has 0 spiro atoms. The van der Waals surface area contributed by atoms with Gasteiger partial charge in [0.15, 0.2) is 0 Å². The number of hydrogen-bond acceptors (Lipinski definition) is 5. The van der Waals surface area contributed by atoms with E-state index >= 15 is 0 Å². The molecule has 0 aliphatic heterocycles. The maximum atomic E-state index is 10.8. The molecule has 0 saturated heterocycles. The SMILES string of the molecule is COC(=O)Cc1ccc(C#N)cc1.[C-]#N.[C-]#N.[Zn+2]. The Hall–Kier alpha value is -2.22. The van der Waals surface area contributed by atoms with Crippen LogP contribution in [-0.2, 0) is 35.4 Å². The summed E-state index contributed by atoms with van der Waals surface area (Å²) in [5, 5.41) is 21.0. The molecule has 0 aliphatic carbocycles. The van der Waals surface area contributed by atoms with Crippen LogP contribution in [0.1, 0.15) is 11.1 Å². The molecule has 0 saturated carbocycles. The number of benzene rings is 1. The Morgan fingerprint density at radius 1 is 1.22 bits per heavy atom. The van der Waals surface area contributed by atoms with Crippen molar-refractivity contribution in [1.29, 1.82) is 15.8 Å². The zero-order chi connectivity index (χ0) is 13.7. The summed E-state index contributed by atoms with van der Waals surface area (Å²) in [6.07, 6.45) is 0.252. The summed E-state index contributed by atoms with van der Waals surface area (Å²) in [6, 6.07) is 8.85. The Morgan fingerprint density at radius 2 is 1.67 bits per heavy atom. The second kappa shape index (κ2) is 14.8. The van der Waals surface area contributed by atoms with Crippen LogP contribution in [0.15, 0.2) is 24.3 Å². The minimum atomic E-state index is -0.273. The number of esters is 1. The molecule has 0 atom stereocenters. The fraction of sp³-hybridized carbons (Fsp3) is 0.167. The van der Waals surface area contributed by atoms with Gasteiger partial charge >= 0.3 is 25.4 Å². The standard InChI is InChI=1S/C10H9NO2.2CN.Zn/c1-13-10(12)6-8-2-4-9(7-11)5-3-8;2*1-2;/h2-5H,6H2,1H3;;;/q;2*-1;+2. The molecule has 0 aromatic heterocycles. The zero-order valence-electron chi connectivity index (χ0n) is 9.88. The van der Waals surface area contributed by atoms with Crippen LogP contribution in [0.5, 0.6) is 0 Å². The molecule has 6 heteroatoms. The van der Waals surface area contributed by atoms with Gasteiger partial charge in [-0.3, -0.25) is 4.79 Å². The van der Waals surface area contributed by atoms with E-state index in [-0.39, 0.29) is 31.9 Å². The van der Waals surface area contributed by atoms with Crippen molar-refractivity contribution in [3.63, 3.8) is 0 Å². The predicted molar refractivity (Wildman–Crippen MR) is 56.8 cm³/mol. The number of hydrogen-bond donors (Lipinski definition) is 0. The van der Waals surface area contributed by atoms with Crippen LogP contribution in [0.25, 0.3) is 0 Å². The third-order valence-corrected chi connectivity index (χ3v) is 1.66. The van der Waals surface area contributed by atoms with Crippen LogP contribution in [-0.4, -0.2) is 13.1 Å². The van der Waals surface area contributed by atoms with Crippen molar-refractivity contribution < 1.29 is 29.0 Å². The first-order chi connectivity index (χ1) is 8.26. The maximum absolute atomic E-state index is 10.8. The minimum Gasteiger partial charge on any atom is -0.512 e. The number of carbonyl (C=O) groups excluding carboxylic acids is 1. The van der Waals surface area contributed by atoms with Crippen LogP contribution in [0.4, 0.5) is 0 Å². The van der Waals surface area contributed by atoms with Gasteiger partial charge in [-0.25, -0.2) is 0 Å². The topological polar surface area (TPSA) is 97.7 Å². The minimum absolute atomic E-state index is 0. The Bertz CT molecular complexity index is 412. The van der Waals surface area contributed by atoms with Gasteiger partial charge in [0.1, 0.15) is 0 Å². The molecule has 0 radical (unpaired) electrons. The molecule has 0 fully saturated rings. The normalized spacial score (nSPS) is 6.67. The van der Waals surface area contributed by atoms with Crippen LogP contribution in [0.3, 0.4) is 0 Å². The molecule has 0 heterocycles. The van der Waals surface area contributed by atoms with Crippen LogP contribution >= 0.6 is 0 Å². The molecule has 0 amide bonds. The second-order valence-electron chi connectivity index (χ2n) is 2.56. The van der Waals surface area contributed by atoms with Crippen molar-refractivity contribution in [2.45, 2.75) is 6.42 Å². The van der Waals surface area contributed by atoms with Gasteiger partial charge in [-0.15, -0.1) is 0 Å². The van der Waals surface area contributed by atoms with Gasteiger partial charge in [-0.1, -0.05) is 12.1 Å². The van der Waals surface area contributed by atoms with Gasteiger partial charge in [0.2, 0.25) is 0 Å². The third kappa shape index (κ3) is 9.04. The van der Waals surface area contributed by atoms with Gasteiger partial charge in [0.25, 0.3) is 0 Å². The second-order valence-corrected chi connectivity index (χ2v) is 2.56. The molecule has 1 aromatic rings. The Balaban J connectivity index is -0.000000409. The monoisotopic (exact) mass is 291 g/mol. The van der Waals surface area contributed by atoms with E-state index in [0.29, 0.717) is 5.56 Å². The van der Waals surface area contributed by atoms with E-state index in [1.165, 1.54) is 7.11 Å². The number of methoxy groups -OCH3 is 1. The fourth-order valence-electron chi connectivity index (χ4n) is 0.936. The average molecular weight is 293 g/mol.